The Kier molecular flexibility index (Phi) is 5.36. The molecule has 0 saturated carbocycles. The van der Waals surface area contributed by atoms with Crippen molar-refractivity contribution >= 4 is 39.2 Å². The highest BCUT2D eigenvalue weighted by Gasteiger charge is 2.23. The SMILES string of the molecule is COc1cc(/C=C2\C(=O)Nc3ccccc32)ccc1OCc1ccc(Br)cc1F. The van der Waals surface area contributed by atoms with Gasteiger partial charge in [0, 0.05) is 26.9 Å². The smallest absolute Gasteiger partial charge is 0.256 e. The quantitative estimate of drug-likeness (QED) is 0.506. The van der Waals surface area contributed by atoms with Gasteiger partial charge >= 0.3 is 0 Å². The molecule has 0 fully saturated rings. The van der Waals surface area contributed by atoms with Gasteiger partial charge in [0.05, 0.1) is 7.11 Å². The van der Waals surface area contributed by atoms with Gasteiger partial charge in [-0.15, -0.1) is 0 Å². The molecular formula is C23H17BrFNO3. The zero-order valence-electron chi connectivity index (χ0n) is 15.5. The summed E-state index contributed by atoms with van der Waals surface area (Å²) < 4.78 is 25.9. The van der Waals surface area contributed by atoms with Crippen LogP contribution >= 0.6 is 15.9 Å². The molecule has 6 heteroatoms. The van der Waals surface area contributed by atoms with Crippen molar-refractivity contribution in [2.24, 2.45) is 0 Å². The van der Waals surface area contributed by atoms with E-state index in [2.05, 4.69) is 21.2 Å². The van der Waals surface area contributed by atoms with Crippen molar-refractivity contribution in [2.75, 3.05) is 12.4 Å². The van der Waals surface area contributed by atoms with Gasteiger partial charge in [-0.05, 0) is 42.0 Å². The van der Waals surface area contributed by atoms with Gasteiger partial charge < -0.3 is 14.8 Å². The number of hydrogen-bond acceptors (Lipinski definition) is 3. The number of amides is 1. The Morgan fingerprint density at radius 1 is 1.07 bits per heavy atom. The summed E-state index contributed by atoms with van der Waals surface area (Å²) >= 11 is 3.24. The number of anilines is 1. The number of carbonyl (C=O) groups excluding carboxylic acids is 1. The summed E-state index contributed by atoms with van der Waals surface area (Å²) in [5.74, 6) is 0.513. The lowest BCUT2D eigenvalue weighted by Crippen LogP contribution is -2.03. The second kappa shape index (κ2) is 8.09. The molecule has 1 aliphatic heterocycles. The highest BCUT2D eigenvalue weighted by atomic mass is 79.9. The van der Waals surface area contributed by atoms with Gasteiger partial charge in [0.15, 0.2) is 11.5 Å². The predicted molar refractivity (Wildman–Crippen MR) is 114 cm³/mol. The Labute approximate surface area is 176 Å². The maximum absolute atomic E-state index is 14.0. The molecule has 1 N–H and O–H groups in total. The topological polar surface area (TPSA) is 47.6 Å². The highest BCUT2D eigenvalue weighted by Crippen LogP contribution is 2.35. The molecule has 0 spiro atoms. The van der Waals surface area contributed by atoms with Gasteiger partial charge in [-0.25, -0.2) is 4.39 Å². The second-order valence-electron chi connectivity index (χ2n) is 6.49. The lowest BCUT2D eigenvalue weighted by Gasteiger charge is -2.12. The van der Waals surface area contributed by atoms with E-state index in [1.165, 1.54) is 13.2 Å². The third-order valence-corrected chi connectivity index (χ3v) is 5.10. The number of fused-ring (bicyclic) bond motifs is 1. The summed E-state index contributed by atoms with van der Waals surface area (Å²) in [7, 11) is 1.54. The number of carbonyl (C=O) groups is 1. The van der Waals surface area contributed by atoms with Crippen molar-refractivity contribution < 1.29 is 18.7 Å². The van der Waals surface area contributed by atoms with Crippen molar-refractivity contribution in [3.05, 3.63) is 87.6 Å². The third kappa shape index (κ3) is 4.03. The van der Waals surface area contributed by atoms with E-state index in [1.807, 2.05) is 36.4 Å². The molecule has 0 unspecified atom stereocenters. The van der Waals surface area contributed by atoms with Crippen LogP contribution < -0.4 is 14.8 Å². The summed E-state index contributed by atoms with van der Waals surface area (Å²) in [5, 5.41) is 2.85. The minimum atomic E-state index is -0.342. The standard InChI is InChI=1S/C23H17BrFNO3/c1-28-22-11-14(10-18-17-4-2-3-5-20(17)26-23(18)27)6-9-21(22)29-13-15-7-8-16(24)12-19(15)25/h2-12H,13H2,1H3,(H,26,27)/b18-10-. The number of halogens is 2. The van der Waals surface area contributed by atoms with Crippen LogP contribution in [0.2, 0.25) is 0 Å². The van der Waals surface area contributed by atoms with Crippen LogP contribution in [0.5, 0.6) is 11.5 Å². The van der Waals surface area contributed by atoms with Gasteiger partial charge in [0.2, 0.25) is 0 Å². The number of ether oxygens (including phenoxy) is 2. The Hall–Kier alpha value is -3.12. The van der Waals surface area contributed by atoms with Gasteiger partial charge in [-0.1, -0.05) is 46.3 Å². The van der Waals surface area contributed by atoms with Crippen molar-refractivity contribution in [2.45, 2.75) is 6.61 Å². The monoisotopic (exact) mass is 453 g/mol. The number of para-hydroxylation sites is 1. The largest absolute Gasteiger partial charge is 0.493 e. The lowest BCUT2D eigenvalue weighted by atomic mass is 10.0. The number of benzene rings is 3. The fourth-order valence-electron chi connectivity index (χ4n) is 3.14. The van der Waals surface area contributed by atoms with E-state index in [-0.39, 0.29) is 18.3 Å². The minimum absolute atomic E-state index is 0.0751. The maximum atomic E-state index is 14.0. The summed E-state index contributed by atoms with van der Waals surface area (Å²) in [6, 6.07) is 17.7. The summed E-state index contributed by atoms with van der Waals surface area (Å²) in [5.41, 5.74) is 3.49. The molecule has 0 saturated heterocycles. The predicted octanol–water partition coefficient (Wildman–Crippen LogP) is 5.67. The Morgan fingerprint density at radius 3 is 2.69 bits per heavy atom. The molecule has 146 valence electrons. The molecular weight excluding hydrogens is 437 g/mol. The molecule has 1 amide bonds. The fraction of sp³-hybridized carbons (Fsp3) is 0.0870. The van der Waals surface area contributed by atoms with Crippen molar-refractivity contribution in [3.63, 3.8) is 0 Å². The van der Waals surface area contributed by atoms with Crippen molar-refractivity contribution in [1.82, 2.24) is 0 Å². The normalized spacial score (nSPS) is 13.9. The first-order valence-electron chi connectivity index (χ1n) is 8.92. The van der Waals surface area contributed by atoms with Crippen LogP contribution in [-0.2, 0) is 11.4 Å². The van der Waals surface area contributed by atoms with E-state index < -0.39 is 0 Å². The molecule has 0 bridgehead atoms. The number of rotatable bonds is 5. The molecule has 0 atom stereocenters. The van der Waals surface area contributed by atoms with Gasteiger partial charge in [-0.3, -0.25) is 4.79 Å². The van der Waals surface area contributed by atoms with E-state index in [0.29, 0.717) is 27.1 Å². The number of hydrogen-bond donors (Lipinski definition) is 1. The molecule has 4 nitrogen and oxygen atoms in total. The zero-order chi connectivity index (χ0) is 20.4. The summed E-state index contributed by atoms with van der Waals surface area (Å²) in [4.78, 5) is 12.3. The summed E-state index contributed by atoms with van der Waals surface area (Å²) in [6.45, 7) is 0.0751. The number of methoxy groups -OCH3 is 1. The second-order valence-corrected chi connectivity index (χ2v) is 7.41. The van der Waals surface area contributed by atoms with Crippen molar-refractivity contribution in [1.29, 1.82) is 0 Å². The molecule has 1 aliphatic rings. The average Bonchev–Trinajstić information content (AvgIpc) is 3.03. The molecule has 3 aromatic rings. The Balaban J connectivity index is 1.58. The zero-order valence-corrected chi connectivity index (χ0v) is 17.1. The summed E-state index contributed by atoms with van der Waals surface area (Å²) in [6.07, 6.45) is 1.81. The molecule has 3 aromatic carbocycles. The van der Waals surface area contributed by atoms with E-state index in [0.717, 1.165) is 16.8 Å². The molecule has 0 aliphatic carbocycles. The van der Waals surface area contributed by atoms with Gasteiger partial charge in [0.25, 0.3) is 5.91 Å². The molecule has 4 rings (SSSR count). The fourth-order valence-corrected chi connectivity index (χ4v) is 3.47. The maximum Gasteiger partial charge on any atom is 0.256 e. The molecule has 0 aromatic heterocycles. The third-order valence-electron chi connectivity index (χ3n) is 4.61. The van der Waals surface area contributed by atoms with Crippen molar-refractivity contribution in [3.8, 4) is 11.5 Å². The van der Waals surface area contributed by atoms with Crippen LogP contribution in [0.3, 0.4) is 0 Å². The molecule has 1 heterocycles. The average molecular weight is 454 g/mol. The lowest BCUT2D eigenvalue weighted by molar-refractivity contribution is -0.110. The van der Waals surface area contributed by atoms with Crippen LogP contribution in [-0.4, -0.2) is 13.0 Å². The number of nitrogens with one attached hydrogen (secondary N) is 1. The van der Waals surface area contributed by atoms with Crippen LogP contribution in [0.4, 0.5) is 10.1 Å². The highest BCUT2D eigenvalue weighted by molar-refractivity contribution is 9.10. The molecule has 0 radical (unpaired) electrons. The first kappa shape index (κ1) is 19.2. The minimum Gasteiger partial charge on any atom is -0.493 e. The van der Waals surface area contributed by atoms with E-state index in [9.17, 15) is 9.18 Å². The van der Waals surface area contributed by atoms with Gasteiger partial charge in [-0.2, -0.15) is 0 Å². The van der Waals surface area contributed by atoms with E-state index >= 15 is 0 Å². The van der Waals surface area contributed by atoms with Gasteiger partial charge in [0.1, 0.15) is 12.4 Å². The molecule has 29 heavy (non-hydrogen) atoms. The van der Waals surface area contributed by atoms with E-state index in [4.69, 9.17) is 9.47 Å². The Morgan fingerprint density at radius 2 is 1.90 bits per heavy atom. The van der Waals surface area contributed by atoms with E-state index in [1.54, 1.807) is 24.3 Å². The first-order valence-corrected chi connectivity index (χ1v) is 9.71. The van der Waals surface area contributed by atoms with Crippen LogP contribution in [0.25, 0.3) is 11.6 Å². The first-order chi connectivity index (χ1) is 14.0. The van der Waals surface area contributed by atoms with Crippen LogP contribution in [0.15, 0.2) is 65.1 Å². The Bertz CT molecular complexity index is 1130. The van der Waals surface area contributed by atoms with Crippen LogP contribution in [0.1, 0.15) is 16.7 Å². The van der Waals surface area contributed by atoms with Crippen LogP contribution in [0, 0.1) is 5.82 Å².